The van der Waals surface area contributed by atoms with Crippen LogP contribution in [0, 0.1) is 5.92 Å². The minimum Gasteiger partial charge on any atom is -0.287 e. The van der Waals surface area contributed by atoms with Crippen molar-refractivity contribution in [2.75, 3.05) is 6.26 Å². The van der Waals surface area contributed by atoms with Gasteiger partial charge in [0.2, 0.25) is 0 Å². The van der Waals surface area contributed by atoms with Crippen LogP contribution in [0.4, 0.5) is 0 Å². The maximum atomic E-state index is 13.5. The molecule has 1 saturated carbocycles. The Hall–Kier alpha value is -1.59. The van der Waals surface area contributed by atoms with Crippen LogP contribution in [0.5, 0.6) is 0 Å². The van der Waals surface area contributed by atoms with Crippen LogP contribution in [0.25, 0.3) is 20.7 Å². The predicted octanol–water partition coefficient (Wildman–Crippen LogP) is 5.53. The maximum absolute atomic E-state index is 13.5. The van der Waals surface area contributed by atoms with Crippen LogP contribution in [0.1, 0.15) is 43.2 Å². The van der Waals surface area contributed by atoms with Gasteiger partial charge >= 0.3 is 0 Å². The zero-order valence-corrected chi connectivity index (χ0v) is 17.3. The van der Waals surface area contributed by atoms with E-state index >= 15 is 0 Å². The van der Waals surface area contributed by atoms with Crippen LogP contribution < -0.4 is 5.56 Å². The number of aromatic nitrogens is 2. The Morgan fingerprint density at radius 3 is 2.81 bits per heavy atom. The molecule has 0 bridgehead atoms. The van der Waals surface area contributed by atoms with Gasteiger partial charge in [0.05, 0.1) is 5.39 Å². The molecule has 0 atom stereocenters. The first-order valence-corrected chi connectivity index (χ1v) is 12.0. The van der Waals surface area contributed by atoms with Crippen molar-refractivity contribution in [3.8, 4) is 10.4 Å². The van der Waals surface area contributed by atoms with Gasteiger partial charge in [0.15, 0.2) is 5.16 Å². The fourth-order valence-corrected chi connectivity index (χ4v) is 6.63. The molecular formula is C22H24N2OS2. The number of thiophene rings is 1. The van der Waals surface area contributed by atoms with Crippen molar-refractivity contribution in [1.29, 1.82) is 0 Å². The van der Waals surface area contributed by atoms with Gasteiger partial charge in [-0.05, 0) is 54.5 Å². The van der Waals surface area contributed by atoms with E-state index in [0.29, 0.717) is 5.92 Å². The summed E-state index contributed by atoms with van der Waals surface area (Å²) in [5.74, 6) is 0.622. The number of aryl methyl sites for hydroxylation is 2. The SMILES string of the molecule is CSc1nc2sc3c(c2c(=O)n1CC1CCCCC1)CCc1ccccc1-3. The number of thioether (sulfide) groups is 1. The zero-order chi connectivity index (χ0) is 18.4. The number of fused-ring (bicyclic) bond motifs is 5. The molecule has 5 heteroatoms. The molecule has 1 aromatic carbocycles. The molecule has 140 valence electrons. The van der Waals surface area contributed by atoms with E-state index in [9.17, 15) is 4.79 Å². The van der Waals surface area contributed by atoms with Crippen molar-refractivity contribution >= 4 is 33.3 Å². The normalized spacial score (nSPS) is 17.1. The predicted molar refractivity (Wildman–Crippen MR) is 115 cm³/mol. The average molecular weight is 397 g/mol. The summed E-state index contributed by atoms with van der Waals surface area (Å²) in [6.45, 7) is 0.832. The number of benzene rings is 1. The molecule has 2 heterocycles. The van der Waals surface area contributed by atoms with E-state index in [2.05, 4.69) is 24.3 Å². The Kier molecular flexibility index (Phi) is 4.60. The van der Waals surface area contributed by atoms with Crippen LogP contribution in [0.2, 0.25) is 0 Å². The molecule has 0 saturated heterocycles. The fraction of sp³-hybridized carbons (Fsp3) is 0.455. The van der Waals surface area contributed by atoms with Crippen LogP contribution in [0.3, 0.4) is 0 Å². The van der Waals surface area contributed by atoms with Gasteiger partial charge in [-0.3, -0.25) is 9.36 Å². The second-order valence-electron chi connectivity index (χ2n) is 7.77. The molecule has 0 spiro atoms. The minimum atomic E-state index is 0.187. The van der Waals surface area contributed by atoms with Gasteiger partial charge in [-0.25, -0.2) is 4.98 Å². The van der Waals surface area contributed by atoms with Gasteiger partial charge in [-0.1, -0.05) is 55.3 Å². The Labute approximate surface area is 167 Å². The lowest BCUT2D eigenvalue weighted by atomic mass is 9.89. The summed E-state index contributed by atoms with van der Waals surface area (Å²) >= 11 is 3.31. The van der Waals surface area contributed by atoms with Gasteiger partial charge in [0.25, 0.3) is 5.56 Å². The van der Waals surface area contributed by atoms with Crippen molar-refractivity contribution in [2.45, 2.75) is 56.6 Å². The first kappa shape index (κ1) is 17.5. The topological polar surface area (TPSA) is 34.9 Å². The van der Waals surface area contributed by atoms with E-state index in [-0.39, 0.29) is 5.56 Å². The van der Waals surface area contributed by atoms with Crippen molar-refractivity contribution in [3.63, 3.8) is 0 Å². The number of nitrogens with zero attached hydrogens (tertiary/aromatic N) is 2. The molecule has 1 fully saturated rings. The van der Waals surface area contributed by atoms with Crippen molar-refractivity contribution in [1.82, 2.24) is 9.55 Å². The quantitative estimate of drug-likeness (QED) is 0.431. The maximum Gasteiger partial charge on any atom is 0.263 e. The Balaban J connectivity index is 1.67. The second kappa shape index (κ2) is 7.10. The number of rotatable bonds is 3. The van der Waals surface area contributed by atoms with Gasteiger partial charge in [-0.15, -0.1) is 11.3 Å². The summed E-state index contributed by atoms with van der Waals surface area (Å²) in [7, 11) is 0. The van der Waals surface area contributed by atoms with E-state index < -0.39 is 0 Å². The van der Waals surface area contributed by atoms with E-state index in [4.69, 9.17) is 4.98 Å². The summed E-state index contributed by atoms with van der Waals surface area (Å²) in [4.78, 5) is 20.7. The Morgan fingerprint density at radius 1 is 1.19 bits per heavy atom. The zero-order valence-electron chi connectivity index (χ0n) is 15.7. The summed E-state index contributed by atoms with van der Waals surface area (Å²) in [5, 5.41) is 1.77. The summed E-state index contributed by atoms with van der Waals surface area (Å²) in [6, 6.07) is 8.61. The summed E-state index contributed by atoms with van der Waals surface area (Å²) in [6.07, 6.45) is 10.4. The van der Waals surface area contributed by atoms with Gasteiger partial charge < -0.3 is 0 Å². The number of hydrogen-bond acceptors (Lipinski definition) is 4. The molecule has 0 aliphatic heterocycles. The highest BCUT2D eigenvalue weighted by Gasteiger charge is 2.26. The molecule has 2 aliphatic carbocycles. The van der Waals surface area contributed by atoms with Crippen LogP contribution in [-0.4, -0.2) is 15.8 Å². The average Bonchev–Trinajstić information content (AvgIpc) is 3.10. The number of hydrogen-bond donors (Lipinski definition) is 0. The van der Waals surface area contributed by atoms with Crippen LogP contribution in [0.15, 0.2) is 34.2 Å². The molecule has 2 aromatic heterocycles. The third-order valence-electron chi connectivity index (χ3n) is 6.13. The molecule has 2 aliphatic rings. The third kappa shape index (κ3) is 2.95. The van der Waals surface area contributed by atoms with Crippen molar-refractivity contribution < 1.29 is 0 Å². The molecule has 3 aromatic rings. The van der Waals surface area contributed by atoms with Gasteiger partial charge in [0, 0.05) is 11.4 Å². The molecule has 0 radical (unpaired) electrons. The van der Waals surface area contributed by atoms with Crippen LogP contribution >= 0.6 is 23.1 Å². The smallest absolute Gasteiger partial charge is 0.263 e. The fourth-order valence-electron chi connectivity index (χ4n) is 4.74. The van der Waals surface area contributed by atoms with Crippen LogP contribution in [-0.2, 0) is 19.4 Å². The summed E-state index contributed by atoms with van der Waals surface area (Å²) in [5.41, 5.74) is 4.11. The molecule has 0 N–H and O–H groups in total. The lowest BCUT2D eigenvalue weighted by Gasteiger charge is -2.23. The standard InChI is InChI=1S/C22H24N2OS2/c1-26-22-23-20-18(21(25)24(22)13-14-7-3-2-4-8-14)17-12-11-15-9-5-6-10-16(15)19(17)27-20/h5-6,9-10,14H,2-4,7-8,11-13H2,1H3. The molecule has 0 unspecified atom stereocenters. The molecule has 27 heavy (non-hydrogen) atoms. The second-order valence-corrected chi connectivity index (χ2v) is 9.54. The molecule has 3 nitrogen and oxygen atoms in total. The van der Waals surface area contributed by atoms with E-state index in [0.717, 1.165) is 34.8 Å². The molecule has 5 rings (SSSR count). The third-order valence-corrected chi connectivity index (χ3v) is 7.97. The monoisotopic (exact) mass is 396 g/mol. The van der Waals surface area contributed by atoms with Gasteiger partial charge in [-0.2, -0.15) is 0 Å². The lowest BCUT2D eigenvalue weighted by molar-refractivity contribution is 0.306. The van der Waals surface area contributed by atoms with Crippen molar-refractivity contribution in [2.24, 2.45) is 5.92 Å². The van der Waals surface area contributed by atoms with E-state index in [1.165, 1.54) is 53.7 Å². The largest absolute Gasteiger partial charge is 0.287 e. The highest BCUT2D eigenvalue weighted by atomic mass is 32.2. The summed E-state index contributed by atoms with van der Waals surface area (Å²) < 4.78 is 1.98. The Bertz CT molecular complexity index is 1060. The molecular weight excluding hydrogens is 372 g/mol. The van der Waals surface area contributed by atoms with E-state index in [1.54, 1.807) is 23.1 Å². The molecule has 0 amide bonds. The highest BCUT2D eigenvalue weighted by molar-refractivity contribution is 7.98. The first-order valence-electron chi connectivity index (χ1n) is 9.94. The van der Waals surface area contributed by atoms with Crippen molar-refractivity contribution in [3.05, 3.63) is 45.7 Å². The first-order chi connectivity index (χ1) is 13.3. The van der Waals surface area contributed by atoms with E-state index in [1.807, 2.05) is 10.8 Å². The Morgan fingerprint density at radius 2 is 2.00 bits per heavy atom. The highest BCUT2D eigenvalue weighted by Crippen LogP contribution is 2.42. The van der Waals surface area contributed by atoms with Gasteiger partial charge in [0.1, 0.15) is 4.83 Å². The lowest BCUT2D eigenvalue weighted by Crippen LogP contribution is -2.27. The minimum absolute atomic E-state index is 0.187.